The first-order chi connectivity index (χ1) is 22.0. The summed E-state index contributed by atoms with van der Waals surface area (Å²) in [6.45, 7) is 5.21. The van der Waals surface area contributed by atoms with Gasteiger partial charge in [0.2, 0.25) is 0 Å². The largest absolute Gasteiger partial charge is 0.490 e. The summed E-state index contributed by atoms with van der Waals surface area (Å²) in [5.74, 6) is -0.402. The van der Waals surface area contributed by atoms with Crippen LogP contribution in [-0.2, 0) is 11.3 Å². The van der Waals surface area contributed by atoms with Crippen molar-refractivity contribution >= 4 is 22.8 Å². The van der Waals surface area contributed by atoms with Gasteiger partial charge in [-0.05, 0) is 68.0 Å². The maximum Gasteiger partial charge on any atom is 0.490 e. The number of carboxylic acid groups (broad SMARTS) is 1. The molecule has 3 N–H and O–H groups in total. The topological polar surface area (TPSA) is 137 Å². The van der Waals surface area contributed by atoms with E-state index in [1.54, 1.807) is 18.6 Å². The van der Waals surface area contributed by atoms with Crippen LogP contribution in [0.5, 0.6) is 17.2 Å². The van der Waals surface area contributed by atoms with Crippen molar-refractivity contribution in [2.45, 2.75) is 38.4 Å². The fourth-order valence-corrected chi connectivity index (χ4v) is 5.96. The molecule has 1 atom stereocenters. The summed E-state index contributed by atoms with van der Waals surface area (Å²) in [7, 11) is 0. The number of hydrogen-bond donors (Lipinski definition) is 3. The fraction of sp³-hybridized carbons (Fsp3) is 0.419. The van der Waals surface area contributed by atoms with Crippen molar-refractivity contribution in [3.8, 4) is 17.2 Å². The lowest BCUT2D eigenvalue weighted by molar-refractivity contribution is -0.192. The average molecular weight is 645 g/mol. The minimum absolute atomic E-state index is 0.178. The first-order valence-corrected chi connectivity index (χ1v) is 14.8. The van der Waals surface area contributed by atoms with E-state index in [1.807, 2.05) is 6.07 Å². The third-order valence-corrected chi connectivity index (χ3v) is 8.44. The second kappa shape index (κ2) is 12.6. The lowest BCUT2D eigenvalue weighted by Gasteiger charge is -2.26. The molecule has 244 valence electrons. The molecule has 7 rings (SSSR count). The van der Waals surface area contributed by atoms with E-state index in [9.17, 15) is 22.4 Å². The molecule has 0 amide bonds. The van der Waals surface area contributed by atoms with Crippen molar-refractivity contribution in [2.24, 2.45) is 11.3 Å². The summed E-state index contributed by atoms with van der Waals surface area (Å²) in [4.78, 5) is 39.7. The average Bonchev–Trinajstić information content (AvgIpc) is 3.44. The van der Waals surface area contributed by atoms with Crippen LogP contribution in [0.4, 0.5) is 23.4 Å². The number of alkyl halides is 3. The fourth-order valence-electron chi connectivity index (χ4n) is 5.96. The summed E-state index contributed by atoms with van der Waals surface area (Å²) < 4.78 is 57.9. The Labute approximate surface area is 260 Å². The third kappa shape index (κ3) is 7.41. The lowest BCUT2D eigenvalue weighted by Crippen LogP contribution is -2.31. The van der Waals surface area contributed by atoms with Crippen LogP contribution in [0, 0.1) is 17.2 Å². The van der Waals surface area contributed by atoms with Crippen LogP contribution in [0.15, 0.2) is 53.7 Å². The Morgan fingerprint density at radius 1 is 1.02 bits per heavy atom. The van der Waals surface area contributed by atoms with Crippen LogP contribution in [0.3, 0.4) is 0 Å². The summed E-state index contributed by atoms with van der Waals surface area (Å²) in [6.07, 6.45) is 2.63. The van der Waals surface area contributed by atoms with Crippen molar-refractivity contribution in [2.75, 3.05) is 37.7 Å². The monoisotopic (exact) mass is 644 g/mol. The number of fused-ring (bicyclic) bond motifs is 1. The Balaban J connectivity index is 0.000000480. The van der Waals surface area contributed by atoms with E-state index in [0.717, 1.165) is 75.3 Å². The zero-order chi connectivity index (χ0) is 32.5. The molecule has 2 saturated heterocycles. The summed E-state index contributed by atoms with van der Waals surface area (Å²) in [5.41, 5.74) is 2.87. The number of benzene rings is 2. The van der Waals surface area contributed by atoms with Gasteiger partial charge in [0.05, 0.1) is 23.8 Å². The zero-order valence-corrected chi connectivity index (χ0v) is 24.6. The quantitative estimate of drug-likeness (QED) is 0.224. The first kappa shape index (κ1) is 31.3. The SMILES string of the molecule is O=C(O)C(F)(F)F.O=c1[nH]c2ccc(CN3CCC4(CCN(c5ncncc5Oc5ccc(F)cc5OCC5CC5)C4)C3)cc2[nH]1. The molecule has 0 radical (unpaired) electrons. The number of rotatable bonds is 8. The van der Waals surface area contributed by atoms with Crippen LogP contribution in [0.1, 0.15) is 31.2 Å². The van der Waals surface area contributed by atoms with Crippen molar-refractivity contribution in [1.82, 2.24) is 24.8 Å². The Kier molecular flexibility index (Phi) is 8.59. The number of aliphatic carboxylic acids is 1. The van der Waals surface area contributed by atoms with Gasteiger partial charge in [-0.3, -0.25) is 4.90 Å². The molecule has 4 heterocycles. The highest BCUT2D eigenvalue weighted by Gasteiger charge is 2.44. The minimum Gasteiger partial charge on any atom is -0.489 e. The smallest absolute Gasteiger partial charge is 0.489 e. The number of halogens is 4. The van der Waals surface area contributed by atoms with Gasteiger partial charge in [0.25, 0.3) is 0 Å². The highest BCUT2D eigenvalue weighted by molar-refractivity contribution is 5.75. The van der Waals surface area contributed by atoms with Gasteiger partial charge in [-0.2, -0.15) is 13.2 Å². The molecule has 46 heavy (non-hydrogen) atoms. The van der Waals surface area contributed by atoms with E-state index < -0.39 is 12.1 Å². The summed E-state index contributed by atoms with van der Waals surface area (Å²) >= 11 is 0. The van der Waals surface area contributed by atoms with Gasteiger partial charge in [-0.1, -0.05) is 6.07 Å². The van der Waals surface area contributed by atoms with Crippen LogP contribution >= 0.6 is 0 Å². The van der Waals surface area contributed by atoms with E-state index in [-0.39, 0.29) is 16.9 Å². The van der Waals surface area contributed by atoms with Crippen LogP contribution < -0.4 is 20.1 Å². The van der Waals surface area contributed by atoms with Crippen molar-refractivity contribution in [3.05, 3.63) is 70.8 Å². The Hall–Kier alpha value is -4.66. The molecular formula is C31H32F4N6O5. The van der Waals surface area contributed by atoms with Crippen LogP contribution in [-0.4, -0.2) is 74.9 Å². The number of anilines is 1. The van der Waals surface area contributed by atoms with Gasteiger partial charge < -0.3 is 29.4 Å². The highest BCUT2D eigenvalue weighted by atomic mass is 19.4. The Morgan fingerprint density at radius 2 is 1.78 bits per heavy atom. The first-order valence-electron chi connectivity index (χ1n) is 14.8. The predicted molar refractivity (Wildman–Crippen MR) is 158 cm³/mol. The van der Waals surface area contributed by atoms with Crippen molar-refractivity contribution in [3.63, 3.8) is 0 Å². The molecule has 4 aromatic rings. The van der Waals surface area contributed by atoms with Gasteiger partial charge in [0.1, 0.15) is 12.1 Å². The normalized spacial score (nSPS) is 19.8. The number of aromatic nitrogens is 4. The lowest BCUT2D eigenvalue weighted by atomic mass is 9.86. The van der Waals surface area contributed by atoms with Gasteiger partial charge in [-0.25, -0.2) is 23.9 Å². The van der Waals surface area contributed by atoms with E-state index in [1.165, 1.54) is 17.7 Å². The van der Waals surface area contributed by atoms with Crippen LogP contribution in [0.2, 0.25) is 0 Å². The van der Waals surface area contributed by atoms with Gasteiger partial charge in [-0.15, -0.1) is 0 Å². The molecule has 1 spiro atoms. The Bertz CT molecular complexity index is 1770. The summed E-state index contributed by atoms with van der Waals surface area (Å²) in [5, 5.41) is 7.12. The second-order valence-corrected chi connectivity index (χ2v) is 12.1. The molecule has 11 nitrogen and oxygen atoms in total. The molecule has 3 aliphatic rings. The number of carboxylic acids is 1. The molecule has 15 heteroatoms. The number of hydrogen-bond acceptors (Lipinski definition) is 8. The predicted octanol–water partition coefficient (Wildman–Crippen LogP) is 5.10. The number of H-pyrrole nitrogens is 2. The molecular weight excluding hydrogens is 612 g/mol. The van der Waals surface area contributed by atoms with E-state index in [2.05, 4.69) is 41.9 Å². The number of nitrogens with one attached hydrogen (secondary N) is 2. The summed E-state index contributed by atoms with van der Waals surface area (Å²) in [6, 6.07) is 10.5. The molecule has 1 unspecified atom stereocenters. The van der Waals surface area contributed by atoms with E-state index >= 15 is 0 Å². The Morgan fingerprint density at radius 3 is 2.54 bits per heavy atom. The second-order valence-electron chi connectivity index (χ2n) is 12.1. The number of carbonyl (C=O) groups is 1. The molecule has 3 fully saturated rings. The molecule has 2 aliphatic heterocycles. The van der Waals surface area contributed by atoms with Gasteiger partial charge in [0, 0.05) is 37.7 Å². The standard InChI is InChI=1S/C29H31FN6O3.C2HF3O2/c30-21-4-6-24(25(12-21)38-15-19-1-2-19)39-26-13-31-18-32-27(26)36-10-8-29(17-36)7-9-35(16-29)14-20-3-5-22-23(11-20)34-28(37)33-22;3-2(4,5)1(6)7/h3-6,11-13,18-19H,1-2,7-10,14-17H2,(H2,33,34,37);(H,6,7). The van der Waals surface area contributed by atoms with Crippen LogP contribution in [0.25, 0.3) is 11.0 Å². The van der Waals surface area contributed by atoms with Gasteiger partial charge in [0.15, 0.2) is 23.1 Å². The zero-order valence-electron chi connectivity index (χ0n) is 24.6. The van der Waals surface area contributed by atoms with E-state index in [0.29, 0.717) is 29.8 Å². The van der Waals surface area contributed by atoms with Crippen molar-refractivity contribution < 1.29 is 36.9 Å². The minimum atomic E-state index is -5.08. The maximum absolute atomic E-state index is 14.0. The number of aromatic amines is 2. The third-order valence-electron chi connectivity index (χ3n) is 8.44. The molecule has 2 aromatic heterocycles. The number of likely N-dealkylation sites (tertiary alicyclic amines) is 1. The molecule has 1 saturated carbocycles. The highest BCUT2D eigenvalue weighted by Crippen LogP contribution is 2.44. The number of imidazole rings is 1. The number of ether oxygens (including phenoxy) is 2. The van der Waals surface area contributed by atoms with E-state index in [4.69, 9.17) is 19.4 Å². The van der Waals surface area contributed by atoms with Crippen molar-refractivity contribution in [1.29, 1.82) is 0 Å². The maximum atomic E-state index is 14.0. The molecule has 0 bridgehead atoms. The molecule has 1 aliphatic carbocycles. The number of nitrogens with zero attached hydrogens (tertiary/aromatic N) is 4. The van der Waals surface area contributed by atoms with Gasteiger partial charge >= 0.3 is 17.8 Å². The molecule has 2 aromatic carbocycles.